The second-order valence-corrected chi connectivity index (χ2v) is 8.29. The molecule has 0 saturated carbocycles. The summed E-state index contributed by atoms with van der Waals surface area (Å²) in [6.07, 6.45) is 5.37. The van der Waals surface area contributed by atoms with Crippen LogP contribution in [-0.2, 0) is 9.63 Å². The van der Waals surface area contributed by atoms with Crippen molar-refractivity contribution in [2.24, 2.45) is 5.41 Å². The van der Waals surface area contributed by atoms with Gasteiger partial charge in [-0.1, -0.05) is 0 Å². The first-order valence-corrected chi connectivity index (χ1v) is 9.09. The Morgan fingerprint density at radius 2 is 2.00 bits per heavy atom. The van der Waals surface area contributed by atoms with Crippen molar-refractivity contribution in [3.8, 4) is 0 Å². The highest BCUT2D eigenvalue weighted by Crippen LogP contribution is 2.32. The molecule has 0 unspecified atom stereocenters. The number of hydroxylamine groups is 2. The summed E-state index contributed by atoms with van der Waals surface area (Å²) in [6.45, 7) is 7.01. The Morgan fingerprint density at radius 3 is 2.62 bits per heavy atom. The van der Waals surface area contributed by atoms with E-state index in [0.717, 1.165) is 27.4 Å². The number of nitrogen functional groups attached to an aromatic ring is 1. The van der Waals surface area contributed by atoms with Gasteiger partial charge in [-0.15, -0.1) is 5.06 Å². The van der Waals surface area contributed by atoms with Crippen molar-refractivity contribution in [2.75, 3.05) is 18.8 Å². The Kier molecular flexibility index (Phi) is 4.69. The predicted molar refractivity (Wildman–Crippen MR) is 100 cm³/mol. The summed E-state index contributed by atoms with van der Waals surface area (Å²) in [5, 5.41) is 2.68. The van der Waals surface area contributed by atoms with E-state index in [1.807, 2.05) is 20.8 Å². The molecule has 130 valence electrons. The zero-order chi connectivity index (χ0) is 17.5. The summed E-state index contributed by atoms with van der Waals surface area (Å²) in [5.74, 6) is 0.321. The molecule has 0 amide bonds. The van der Waals surface area contributed by atoms with Gasteiger partial charge in [-0.25, -0.2) is 14.8 Å². The average Bonchev–Trinajstić information content (AvgIpc) is 2.85. The minimum atomic E-state index is -0.488. The van der Waals surface area contributed by atoms with Crippen LogP contribution in [0.4, 0.5) is 5.82 Å². The summed E-state index contributed by atoms with van der Waals surface area (Å²) in [6, 6.07) is 0.315. The molecule has 3 heterocycles. The number of piperidine rings is 1. The Labute approximate surface area is 154 Å². The number of fused-ring (bicyclic) bond motifs is 1. The molecule has 1 aliphatic rings. The van der Waals surface area contributed by atoms with Gasteiger partial charge in [-0.2, -0.15) is 0 Å². The van der Waals surface area contributed by atoms with Crippen molar-refractivity contribution in [1.29, 1.82) is 0 Å². The highest BCUT2D eigenvalue weighted by atomic mass is 127. The molecule has 1 fully saturated rings. The first kappa shape index (κ1) is 17.4. The van der Waals surface area contributed by atoms with Crippen LogP contribution in [0.5, 0.6) is 0 Å². The van der Waals surface area contributed by atoms with E-state index in [9.17, 15) is 4.79 Å². The number of halogens is 1. The van der Waals surface area contributed by atoms with Crippen LogP contribution in [0.25, 0.3) is 11.0 Å². The molecule has 2 N–H and O–H groups in total. The first-order chi connectivity index (χ1) is 11.3. The number of nitrogens with two attached hydrogens (primary N) is 1. The molecule has 1 aliphatic heterocycles. The maximum atomic E-state index is 12.0. The SMILES string of the molecule is CC(C)(C)C(=O)ON1CCC(n2cc(I)c3c(N)ncnc32)CC1. The van der Waals surface area contributed by atoms with Crippen LogP contribution in [0.2, 0.25) is 0 Å². The van der Waals surface area contributed by atoms with Crippen LogP contribution in [-0.4, -0.2) is 38.7 Å². The Morgan fingerprint density at radius 1 is 1.33 bits per heavy atom. The normalized spacial score (nSPS) is 17.3. The molecule has 0 atom stereocenters. The van der Waals surface area contributed by atoms with Crippen LogP contribution in [0, 0.1) is 8.99 Å². The summed E-state index contributed by atoms with van der Waals surface area (Å²) in [7, 11) is 0. The van der Waals surface area contributed by atoms with Gasteiger partial charge >= 0.3 is 5.97 Å². The smallest absolute Gasteiger partial charge is 0.330 e. The first-order valence-electron chi connectivity index (χ1n) is 8.01. The summed E-state index contributed by atoms with van der Waals surface area (Å²) in [5.41, 5.74) is 6.37. The molecule has 24 heavy (non-hydrogen) atoms. The van der Waals surface area contributed by atoms with Gasteiger partial charge in [0.2, 0.25) is 0 Å². The van der Waals surface area contributed by atoms with Gasteiger partial charge in [0, 0.05) is 28.9 Å². The van der Waals surface area contributed by atoms with E-state index in [0.29, 0.717) is 24.9 Å². The number of nitrogens with zero attached hydrogens (tertiary/aromatic N) is 4. The van der Waals surface area contributed by atoms with E-state index in [4.69, 9.17) is 10.6 Å². The average molecular weight is 443 g/mol. The maximum Gasteiger partial charge on any atom is 0.330 e. The van der Waals surface area contributed by atoms with Gasteiger partial charge in [0.1, 0.15) is 17.8 Å². The van der Waals surface area contributed by atoms with Gasteiger partial charge in [-0.05, 0) is 56.2 Å². The molecule has 0 radical (unpaired) electrons. The van der Waals surface area contributed by atoms with Gasteiger partial charge < -0.3 is 15.1 Å². The molecular formula is C16H22IN5O2. The standard InChI is InChI=1S/C16H22IN5O2/c1-16(2,3)15(23)24-21-6-4-10(5-7-21)22-8-11(17)12-13(18)19-9-20-14(12)22/h8-10H,4-7H2,1-3H3,(H2,18,19,20). The molecular weight excluding hydrogens is 421 g/mol. The Bertz CT molecular complexity index is 760. The maximum absolute atomic E-state index is 12.0. The molecule has 0 aliphatic carbocycles. The molecule has 2 aromatic heterocycles. The molecule has 2 aromatic rings. The van der Waals surface area contributed by atoms with Crippen LogP contribution in [0.15, 0.2) is 12.5 Å². The summed E-state index contributed by atoms with van der Waals surface area (Å²) >= 11 is 2.27. The topological polar surface area (TPSA) is 86.3 Å². The monoisotopic (exact) mass is 443 g/mol. The summed E-state index contributed by atoms with van der Waals surface area (Å²) < 4.78 is 3.24. The number of aromatic nitrogens is 3. The lowest BCUT2D eigenvalue weighted by atomic mass is 9.98. The number of hydrogen-bond acceptors (Lipinski definition) is 6. The van der Waals surface area contributed by atoms with E-state index in [2.05, 4.69) is 43.3 Å². The minimum Gasteiger partial charge on any atom is -0.383 e. The Hall–Kier alpha value is -1.42. The highest BCUT2D eigenvalue weighted by molar-refractivity contribution is 14.1. The van der Waals surface area contributed by atoms with Crippen LogP contribution in [0.3, 0.4) is 0 Å². The van der Waals surface area contributed by atoms with Crippen molar-refractivity contribution < 1.29 is 9.63 Å². The van der Waals surface area contributed by atoms with Crippen LogP contribution < -0.4 is 5.73 Å². The molecule has 1 saturated heterocycles. The number of carbonyl (C=O) groups excluding carboxylic acids is 1. The van der Waals surface area contributed by atoms with Crippen molar-refractivity contribution in [1.82, 2.24) is 19.6 Å². The molecule has 8 heteroatoms. The number of hydrogen-bond donors (Lipinski definition) is 1. The van der Waals surface area contributed by atoms with Crippen molar-refractivity contribution in [3.63, 3.8) is 0 Å². The van der Waals surface area contributed by atoms with Crippen molar-refractivity contribution >= 4 is 45.4 Å². The van der Waals surface area contributed by atoms with Crippen molar-refractivity contribution in [2.45, 2.75) is 39.7 Å². The fourth-order valence-electron chi connectivity index (χ4n) is 2.81. The third kappa shape index (κ3) is 3.34. The molecule has 3 rings (SSSR count). The molecule has 0 bridgehead atoms. The molecule has 7 nitrogen and oxygen atoms in total. The quantitative estimate of drug-likeness (QED) is 0.719. The van der Waals surface area contributed by atoms with Crippen molar-refractivity contribution in [3.05, 3.63) is 16.1 Å². The summed E-state index contributed by atoms with van der Waals surface area (Å²) in [4.78, 5) is 26.0. The van der Waals surface area contributed by atoms with Gasteiger partial charge in [0.15, 0.2) is 0 Å². The number of carbonyl (C=O) groups is 1. The zero-order valence-electron chi connectivity index (χ0n) is 14.1. The lowest BCUT2D eigenvalue weighted by Gasteiger charge is -2.32. The predicted octanol–water partition coefficient (Wildman–Crippen LogP) is 2.76. The highest BCUT2D eigenvalue weighted by Gasteiger charge is 2.29. The lowest BCUT2D eigenvalue weighted by molar-refractivity contribution is -0.205. The second kappa shape index (κ2) is 6.47. The van der Waals surface area contributed by atoms with Gasteiger partial charge in [0.25, 0.3) is 0 Å². The van der Waals surface area contributed by atoms with E-state index >= 15 is 0 Å². The number of rotatable bonds is 2. The van der Waals surface area contributed by atoms with Crippen LogP contribution in [0.1, 0.15) is 39.7 Å². The van der Waals surface area contributed by atoms with Gasteiger partial charge in [0.05, 0.1) is 10.8 Å². The zero-order valence-corrected chi connectivity index (χ0v) is 16.3. The third-order valence-corrected chi connectivity index (χ3v) is 5.05. The minimum absolute atomic E-state index is 0.192. The lowest BCUT2D eigenvalue weighted by Crippen LogP contribution is -2.39. The molecule has 0 spiro atoms. The fraction of sp³-hybridized carbons (Fsp3) is 0.562. The van der Waals surface area contributed by atoms with Gasteiger partial charge in [-0.3, -0.25) is 0 Å². The second-order valence-electron chi connectivity index (χ2n) is 7.13. The fourth-order valence-corrected chi connectivity index (χ4v) is 3.62. The van der Waals surface area contributed by atoms with E-state index in [-0.39, 0.29) is 5.97 Å². The van der Waals surface area contributed by atoms with E-state index < -0.39 is 5.41 Å². The Balaban J connectivity index is 1.72. The van der Waals surface area contributed by atoms with E-state index in [1.165, 1.54) is 6.33 Å². The van der Waals surface area contributed by atoms with E-state index in [1.54, 1.807) is 5.06 Å². The van der Waals surface area contributed by atoms with Crippen LogP contribution >= 0.6 is 22.6 Å². The third-order valence-electron chi connectivity index (χ3n) is 4.23. The largest absolute Gasteiger partial charge is 0.383 e. The molecule has 0 aromatic carbocycles. The number of anilines is 1.